The second-order valence-corrected chi connectivity index (χ2v) is 7.79. The Balaban J connectivity index is 2.30. The number of nitrogens with one attached hydrogen (secondary N) is 1. The molecular formula is C14H14BrN3O4S. The van der Waals surface area contributed by atoms with Crippen LogP contribution in [0.1, 0.15) is 11.3 Å². The summed E-state index contributed by atoms with van der Waals surface area (Å²) in [5.41, 5.74) is 1.53. The molecule has 0 unspecified atom stereocenters. The monoisotopic (exact) mass is 399 g/mol. The zero-order valence-corrected chi connectivity index (χ0v) is 14.8. The van der Waals surface area contributed by atoms with Crippen LogP contribution < -0.4 is 5.32 Å². The predicted molar refractivity (Wildman–Crippen MR) is 90.2 cm³/mol. The standard InChI is InChI=1S/C14H14BrN3O4S/c1-9-6-11(10(15)7-13(9)18(19)20)17-8-12-14(23(2,21)22)4-3-5-16-12/h3-7,17H,8H2,1-2H3. The van der Waals surface area contributed by atoms with Gasteiger partial charge in [0.2, 0.25) is 0 Å². The molecule has 0 amide bonds. The number of anilines is 1. The number of nitro benzene ring substituents is 1. The number of aryl methyl sites for hydroxylation is 1. The molecule has 0 saturated carbocycles. The quantitative estimate of drug-likeness (QED) is 0.611. The van der Waals surface area contributed by atoms with E-state index in [2.05, 4.69) is 26.2 Å². The minimum Gasteiger partial charge on any atom is -0.378 e. The third-order valence-corrected chi connectivity index (χ3v) is 5.00. The SMILES string of the molecule is Cc1cc(NCc2ncccc2S(C)(=O)=O)c(Br)cc1[N+](=O)[O-]. The lowest BCUT2D eigenvalue weighted by atomic mass is 10.2. The number of pyridine rings is 1. The summed E-state index contributed by atoms with van der Waals surface area (Å²) in [5.74, 6) is 0. The number of aromatic nitrogens is 1. The van der Waals surface area contributed by atoms with Crippen molar-refractivity contribution >= 4 is 37.1 Å². The Kier molecular flexibility index (Phi) is 5.00. The fraction of sp³-hybridized carbons (Fsp3) is 0.214. The molecule has 1 aromatic heterocycles. The maximum absolute atomic E-state index is 11.8. The molecule has 0 fully saturated rings. The van der Waals surface area contributed by atoms with Crippen LogP contribution in [0, 0.1) is 17.0 Å². The van der Waals surface area contributed by atoms with Gasteiger partial charge in [0.1, 0.15) is 0 Å². The molecule has 0 aliphatic rings. The molecular weight excluding hydrogens is 386 g/mol. The zero-order valence-electron chi connectivity index (χ0n) is 12.4. The Morgan fingerprint density at radius 1 is 1.39 bits per heavy atom. The molecule has 0 aliphatic carbocycles. The van der Waals surface area contributed by atoms with Crippen LogP contribution in [0.5, 0.6) is 0 Å². The van der Waals surface area contributed by atoms with Gasteiger partial charge >= 0.3 is 0 Å². The first kappa shape index (κ1) is 17.4. The molecule has 0 bridgehead atoms. The number of benzene rings is 1. The van der Waals surface area contributed by atoms with Gasteiger partial charge in [0, 0.05) is 34.2 Å². The number of nitro groups is 1. The average molecular weight is 400 g/mol. The smallest absolute Gasteiger partial charge is 0.273 e. The minimum atomic E-state index is -3.38. The van der Waals surface area contributed by atoms with Crippen LogP contribution in [-0.2, 0) is 16.4 Å². The Hall–Kier alpha value is -2.00. The Labute approximate surface area is 141 Å². The molecule has 1 heterocycles. The van der Waals surface area contributed by atoms with E-state index in [0.717, 1.165) is 6.26 Å². The zero-order chi connectivity index (χ0) is 17.2. The van der Waals surface area contributed by atoms with E-state index in [4.69, 9.17) is 0 Å². The molecule has 0 spiro atoms. The van der Waals surface area contributed by atoms with Crippen LogP contribution in [0.4, 0.5) is 11.4 Å². The lowest BCUT2D eigenvalue weighted by molar-refractivity contribution is -0.385. The predicted octanol–water partition coefficient (Wildman–Crippen LogP) is 3.08. The van der Waals surface area contributed by atoms with Crippen molar-refractivity contribution in [3.8, 4) is 0 Å². The van der Waals surface area contributed by atoms with E-state index in [1.807, 2.05) is 0 Å². The van der Waals surface area contributed by atoms with Crippen molar-refractivity contribution in [3.63, 3.8) is 0 Å². The lowest BCUT2D eigenvalue weighted by Gasteiger charge is -2.11. The first-order valence-corrected chi connectivity index (χ1v) is 9.21. The number of rotatable bonds is 5. The van der Waals surface area contributed by atoms with Gasteiger partial charge in [0.05, 0.1) is 22.1 Å². The highest BCUT2D eigenvalue weighted by molar-refractivity contribution is 9.10. The van der Waals surface area contributed by atoms with Gasteiger partial charge in [-0.1, -0.05) is 0 Å². The summed E-state index contributed by atoms with van der Waals surface area (Å²) in [7, 11) is -3.38. The van der Waals surface area contributed by atoms with E-state index in [-0.39, 0.29) is 17.1 Å². The van der Waals surface area contributed by atoms with Gasteiger partial charge in [0.25, 0.3) is 5.69 Å². The van der Waals surface area contributed by atoms with Gasteiger partial charge in [-0.15, -0.1) is 0 Å². The minimum absolute atomic E-state index is 0.0112. The summed E-state index contributed by atoms with van der Waals surface area (Å²) in [4.78, 5) is 14.7. The molecule has 0 saturated heterocycles. The van der Waals surface area contributed by atoms with Gasteiger partial charge in [0.15, 0.2) is 9.84 Å². The molecule has 0 radical (unpaired) electrons. The van der Waals surface area contributed by atoms with E-state index in [1.165, 1.54) is 18.3 Å². The summed E-state index contributed by atoms with van der Waals surface area (Å²) in [6, 6.07) is 6.10. The molecule has 9 heteroatoms. The van der Waals surface area contributed by atoms with Crippen molar-refractivity contribution in [3.05, 3.63) is 56.3 Å². The van der Waals surface area contributed by atoms with Crippen LogP contribution in [0.3, 0.4) is 0 Å². The van der Waals surface area contributed by atoms with E-state index in [9.17, 15) is 18.5 Å². The summed E-state index contributed by atoms with van der Waals surface area (Å²) in [6.45, 7) is 1.82. The molecule has 2 aromatic rings. The number of halogens is 1. The highest BCUT2D eigenvalue weighted by atomic mass is 79.9. The topological polar surface area (TPSA) is 102 Å². The fourth-order valence-electron chi connectivity index (χ4n) is 2.08. The molecule has 0 atom stereocenters. The van der Waals surface area contributed by atoms with E-state index < -0.39 is 14.8 Å². The largest absolute Gasteiger partial charge is 0.378 e. The van der Waals surface area contributed by atoms with Gasteiger partial charge in [-0.3, -0.25) is 15.1 Å². The summed E-state index contributed by atoms with van der Waals surface area (Å²) in [6.07, 6.45) is 2.64. The first-order valence-electron chi connectivity index (χ1n) is 6.52. The van der Waals surface area contributed by atoms with Crippen molar-refractivity contribution in [2.24, 2.45) is 0 Å². The van der Waals surface area contributed by atoms with Crippen LogP contribution in [-0.4, -0.2) is 24.6 Å². The molecule has 7 nitrogen and oxygen atoms in total. The molecule has 23 heavy (non-hydrogen) atoms. The molecule has 1 N–H and O–H groups in total. The Bertz CT molecular complexity index is 868. The van der Waals surface area contributed by atoms with Gasteiger partial charge in [-0.25, -0.2) is 8.42 Å². The number of hydrogen-bond donors (Lipinski definition) is 1. The van der Waals surface area contributed by atoms with Crippen LogP contribution in [0.15, 0.2) is 39.8 Å². The van der Waals surface area contributed by atoms with Gasteiger partial charge in [-0.2, -0.15) is 0 Å². The highest BCUT2D eigenvalue weighted by Crippen LogP contribution is 2.31. The Morgan fingerprint density at radius 3 is 2.70 bits per heavy atom. The molecule has 122 valence electrons. The molecule has 0 aliphatic heterocycles. The van der Waals surface area contributed by atoms with Crippen molar-refractivity contribution in [1.29, 1.82) is 0 Å². The van der Waals surface area contributed by atoms with Crippen molar-refractivity contribution in [2.45, 2.75) is 18.4 Å². The first-order chi connectivity index (χ1) is 10.7. The van der Waals surface area contributed by atoms with Crippen LogP contribution in [0.25, 0.3) is 0 Å². The second-order valence-electron chi connectivity index (χ2n) is 4.95. The second kappa shape index (κ2) is 6.63. The van der Waals surface area contributed by atoms with Gasteiger partial charge < -0.3 is 5.32 Å². The fourth-order valence-corrected chi connectivity index (χ4v) is 3.43. The van der Waals surface area contributed by atoms with Crippen LogP contribution in [0.2, 0.25) is 0 Å². The highest BCUT2D eigenvalue weighted by Gasteiger charge is 2.16. The maximum Gasteiger partial charge on any atom is 0.273 e. The number of sulfone groups is 1. The summed E-state index contributed by atoms with van der Waals surface area (Å²) >= 11 is 3.28. The summed E-state index contributed by atoms with van der Waals surface area (Å²) < 4.78 is 24.0. The van der Waals surface area contributed by atoms with Crippen molar-refractivity contribution in [1.82, 2.24) is 4.98 Å². The van der Waals surface area contributed by atoms with Crippen molar-refractivity contribution in [2.75, 3.05) is 11.6 Å². The van der Waals surface area contributed by atoms with Crippen LogP contribution >= 0.6 is 15.9 Å². The Morgan fingerprint density at radius 2 is 2.09 bits per heavy atom. The van der Waals surface area contributed by atoms with E-state index >= 15 is 0 Å². The summed E-state index contributed by atoms with van der Waals surface area (Å²) in [5, 5.41) is 14.0. The molecule has 1 aromatic carbocycles. The van der Waals surface area contributed by atoms with Crippen molar-refractivity contribution < 1.29 is 13.3 Å². The third kappa shape index (κ3) is 4.05. The van der Waals surface area contributed by atoms with E-state index in [0.29, 0.717) is 21.4 Å². The number of hydrogen-bond acceptors (Lipinski definition) is 6. The van der Waals surface area contributed by atoms with E-state index in [1.54, 1.807) is 19.1 Å². The number of nitrogens with zero attached hydrogens (tertiary/aromatic N) is 2. The normalized spacial score (nSPS) is 11.3. The van der Waals surface area contributed by atoms with Gasteiger partial charge in [-0.05, 0) is 41.1 Å². The molecule has 2 rings (SSSR count). The average Bonchev–Trinajstić information content (AvgIpc) is 2.46. The maximum atomic E-state index is 11.8. The third-order valence-electron chi connectivity index (χ3n) is 3.18. The lowest BCUT2D eigenvalue weighted by Crippen LogP contribution is -2.09.